The molecule has 0 spiro atoms. The Bertz CT molecular complexity index is 331. The van der Waals surface area contributed by atoms with Crippen LogP contribution in [0.15, 0.2) is 49.1 Å². The summed E-state index contributed by atoms with van der Waals surface area (Å²) < 4.78 is 0. The fourth-order valence-electron chi connectivity index (χ4n) is 1.09. The number of pyridine rings is 2. The quantitative estimate of drug-likeness (QED) is 0.427. The van der Waals surface area contributed by atoms with E-state index in [2.05, 4.69) is 9.97 Å². The Balaban J connectivity index is -0.0000000422. The zero-order valence-electron chi connectivity index (χ0n) is 9.94. The molecule has 0 radical (unpaired) electrons. The minimum absolute atomic E-state index is 0. The Morgan fingerprint density at radius 2 is 0.650 bits per heavy atom. The third-order valence-corrected chi connectivity index (χ3v) is 1.69. The van der Waals surface area contributed by atoms with Crippen LogP contribution in [0.3, 0.4) is 0 Å². The number of rotatable bonds is 1. The Kier molecular flexibility index (Phi) is 53.8. The van der Waals surface area contributed by atoms with Crippen LogP contribution in [0.1, 0.15) is 0 Å². The van der Waals surface area contributed by atoms with Crippen molar-refractivity contribution in [2.45, 2.75) is 0 Å². The van der Waals surface area contributed by atoms with Gasteiger partial charge < -0.3 is 74.4 Å². The van der Waals surface area contributed by atoms with Gasteiger partial charge in [0.15, 0.2) is 0 Å². The van der Waals surface area contributed by atoms with Crippen molar-refractivity contribution in [3.8, 4) is 11.1 Å². The zero-order valence-corrected chi connectivity index (χ0v) is 16.8. The van der Waals surface area contributed by atoms with Crippen LogP contribution in [0.2, 0.25) is 0 Å². The first-order chi connectivity index (χ1) is 5.97. The fraction of sp³-hybridized carbons (Fsp3) is 0. The van der Waals surface area contributed by atoms with Gasteiger partial charge in [0.1, 0.15) is 0 Å². The van der Waals surface area contributed by atoms with Gasteiger partial charge in [0, 0.05) is 24.8 Å². The van der Waals surface area contributed by atoms with Crippen LogP contribution in [0.5, 0.6) is 0 Å². The number of aromatic nitrogens is 2. The van der Waals surface area contributed by atoms with Crippen molar-refractivity contribution in [1.82, 2.24) is 9.97 Å². The molecule has 2 heterocycles. The van der Waals surface area contributed by atoms with Gasteiger partial charge in [-0.25, -0.2) is 0 Å². The van der Waals surface area contributed by atoms with Crippen molar-refractivity contribution in [2.75, 3.05) is 0 Å². The van der Waals surface area contributed by atoms with Crippen molar-refractivity contribution in [3.63, 3.8) is 0 Å². The number of halogens is 6. The van der Waals surface area contributed by atoms with Gasteiger partial charge in [0.05, 0.1) is 0 Å². The molecule has 0 N–H and O–H groups in total. The third kappa shape index (κ3) is 14.1. The maximum Gasteiger partial charge on any atom is 3.00 e. The summed E-state index contributed by atoms with van der Waals surface area (Å²) in [5.74, 6) is 0. The zero-order chi connectivity index (χ0) is 8.23. The van der Waals surface area contributed by atoms with E-state index < -0.39 is 0 Å². The summed E-state index contributed by atoms with van der Waals surface area (Å²) in [6.45, 7) is 0. The van der Waals surface area contributed by atoms with E-state index >= 15 is 0 Å². The van der Waals surface area contributed by atoms with Crippen LogP contribution in [-0.2, 0) is 0 Å². The van der Waals surface area contributed by atoms with E-state index in [-0.39, 0.29) is 109 Å². The fourth-order valence-corrected chi connectivity index (χ4v) is 1.09. The summed E-state index contributed by atoms with van der Waals surface area (Å²) in [5, 5.41) is 0. The maximum atomic E-state index is 3.96. The average Bonchev–Trinajstić information content (AvgIpc) is 2.21. The monoisotopic (exact) mass is 420 g/mol. The largest absolute Gasteiger partial charge is 3.00 e. The molecule has 0 aromatic carbocycles. The van der Waals surface area contributed by atoms with Crippen molar-refractivity contribution < 1.29 is 74.4 Å². The van der Waals surface area contributed by atoms with Gasteiger partial charge in [0.2, 0.25) is 0 Å². The molecule has 0 fully saturated rings. The van der Waals surface area contributed by atoms with Gasteiger partial charge in [-0.1, -0.05) is 0 Å². The average molecular weight is 423 g/mol. The molecule has 0 atom stereocenters. The van der Waals surface area contributed by atoms with Crippen LogP contribution >= 0.6 is 0 Å². The molecule has 2 aromatic rings. The molecule has 20 heavy (non-hydrogen) atoms. The molecule has 0 amide bonds. The Morgan fingerprint density at radius 3 is 0.850 bits per heavy atom. The molecule has 0 unspecified atom stereocenters. The van der Waals surface area contributed by atoms with Crippen LogP contribution in [0.4, 0.5) is 0 Å². The Morgan fingerprint density at radius 1 is 0.450 bits per heavy atom. The molecule has 0 aliphatic heterocycles. The van der Waals surface area contributed by atoms with E-state index in [9.17, 15) is 0 Å². The van der Waals surface area contributed by atoms with Gasteiger partial charge in [-0.05, 0) is 35.4 Å². The van der Waals surface area contributed by atoms with E-state index in [0.29, 0.717) is 0 Å². The van der Waals surface area contributed by atoms with Crippen LogP contribution in [0, 0.1) is 0 Å². The second kappa shape index (κ2) is 25.1. The van der Waals surface area contributed by atoms with Crippen molar-refractivity contribution >= 4 is 34.7 Å². The summed E-state index contributed by atoms with van der Waals surface area (Å²) in [5.41, 5.74) is 2.35. The van der Waals surface area contributed by atoms with Crippen LogP contribution in [-0.4, -0.2) is 44.7 Å². The minimum Gasteiger partial charge on any atom is -1.00 e. The second-order valence-corrected chi connectivity index (χ2v) is 2.47. The normalized spacial score (nSPS) is 5.80. The van der Waals surface area contributed by atoms with E-state index in [4.69, 9.17) is 0 Å². The molecule has 0 aliphatic carbocycles. The number of hydrogen-bond acceptors (Lipinski definition) is 2. The third-order valence-electron chi connectivity index (χ3n) is 1.69. The summed E-state index contributed by atoms with van der Waals surface area (Å²) >= 11 is 0. The molecule has 0 aliphatic rings. The standard InChI is InChI=1S/C10H8N2.2Al.6ClH/c1-5-11-6-2-9(1)10-3-7-12-8-4-10;;;;;;;;/h1-8H;;;6*1H/q;2*+3;;;;;;/p-6. The topological polar surface area (TPSA) is 25.8 Å². The predicted molar refractivity (Wildman–Crippen MR) is 59.0 cm³/mol. The molecule has 2 aromatic heterocycles. The predicted octanol–water partition coefficient (Wildman–Crippen LogP) is -16.6. The molecule has 0 bridgehead atoms. The Labute approximate surface area is 178 Å². The minimum atomic E-state index is 0. The molecular weight excluding hydrogens is 415 g/mol. The van der Waals surface area contributed by atoms with E-state index in [1.165, 1.54) is 11.1 Å². The van der Waals surface area contributed by atoms with E-state index in [1.807, 2.05) is 24.3 Å². The molecule has 106 valence electrons. The smallest absolute Gasteiger partial charge is 1.00 e. The molecule has 0 saturated carbocycles. The van der Waals surface area contributed by atoms with Gasteiger partial charge in [0.25, 0.3) is 0 Å². The van der Waals surface area contributed by atoms with Gasteiger partial charge in [-0.2, -0.15) is 0 Å². The Hall–Kier alpha value is 1.10. The maximum absolute atomic E-state index is 3.96. The van der Waals surface area contributed by atoms with Crippen molar-refractivity contribution in [3.05, 3.63) is 49.1 Å². The molecular formula is C10H8Al2Cl6N2. The van der Waals surface area contributed by atoms with Gasteiger partial charge >= 0.3 is 34.7 Å². The summed E-state index contributed by atoms with van der Waals surface area (Å²) in [4.78, 5) is 7.91. The number of hydrogen-bond donors (Lipinski definition) is 0. The first-order valence-corrected chi connectivity index (χ1v) is 3.77. The molecule has 10 heteroatoms. The van der Waals surface area contributed by atoms with Gasteiger partial charge in [-0.3, -0.25) is 9.97 Å². The first-order valence-electron chi connectivity index (χ1n) is 3.77. The van der Waals surface area contributed by atoms with Crippen LogP contribution < -0.4 is 74.4 Å². The summed E-state index contributed by atoms with van der Waals surface area (Å²) in [7, 11) is 0. The summed E-state index contributed by atoms with van der Waals surface area (Å²) in [6, 6.07) is 7.93. The van der Waals surface area contributed by atoms with E-state index in [1.54, 1.807) is 24.8 Å². The second-order valence-electron chi connectivity index (χ2n) is 2.47. The SMILES string of the molecule is [Al+3].[Al+3].[Cl-].[Cl-].[Cl-].[Cl-].[Cl-].[Cl-].c1cc(-c2ccncc2)ccn1. The van der Waals surface area contributed by atoms with Crippen LogP contribution in [0.25, 0.3) is 11.1 Å². The van der Waals surface area contributed by atoms with Crippen molar-refractivity contribution in [1.29, 1.82) is 0 Å². The van der Waals surface area contributed by atoms with Crippen molar-refractivity contribution in [2.24, 2.45) is 0 Å². The molecule has 0 saturated heterocycles. The molecule has 2 nitrogen and oxygen atoms in total. The van der Waals surface area contributed by atoms with Gasteiger partial charge in [-0.15, -0.1) is 0 Å². The summed E-state index contributed by atoms with van der Waals surface area (Å²) in [6.07, 6.45) is 7.15. The number of nitrogens with zero attached hydrogens (tertiary/aromatic N) is 2. The first kappa shape index (κ1) is 42.9. The van der Waals surface area contributed by atoms with E-state index in [0.717, 1.165) is 0 Å². The molecule has 2 rings (SSSR count).